The summed E-state index contributed by atoms with van der Waals surface area (Å²) >= 11 is 0. The third-order valence-electron chi connectivity index (χ3n) is 8.93. The molecule has 1 rings (SSSR count). The summed E-state index contributed by atoms with van der Waals surface area (Å²) in [7, 11) is 0. The van der Waals surface area contributed by atoms with Crippen molar-refractivity contribution in [1.82, 2.24) is 20.9 Å². The zero-order valence-electron chi connectivity index (χ0n) is 31.1. The standard InChI is InChI=1S/C35H64N8O6/c1-9-23(8)30(40-22(6)7)28(44)18-24(17-20(2)3)32(47)41-25(13-10-11-15-39-35(37)38)34(49)43-16-12-14-27(43)33(48)42-26(19-29(36)45)31(46)21(4)5/h20-27,30,40H,9-19H2,1-8H3,(H2,36,45)(H,41,47)(H,42,48)(H4,37,38,39)/t23-,24+,25-,26-,27-,30-/m0/s1. The number of guanidine groups is 1. The van der Waals surface area contributed by atoms with Gasteiger partial charge in [-0.15, -0.1) is 0 Å². The summed E-state index contributed by atoms with van der Waals surface area (Å²) in [4.78, 5) is 85.0. The van der Waals surface area contributed by atoms with Crippen LogP contribution in [0.25, 0.3) is 0 Å². The molecule has 1 fully saturated rings. The third-order valence-corrected chi connectivity index (χ3v) is 8.93. The van der Waals surface area contributed by atoms with E-state index in [4.69, 9.17) is 17.2 Å². The molecule has 0 bridgehead atoms. The first kappa shape index (κ1) is 43.5. The van der Waals surface area contributed by atoms with Crippen LogP contribution in [0.3, 0.4) is 0 Å². The minimum atomic E-state index is -1.10. The van der Waals surface area contributed by atoms with Crippen molar-refractivity contribution in [2.24, 2.45) is 45.9 Å². The van der Waals surface area contributed by atoms with E-state index in [9.17, 15) is 28.8 Å². The highest BCUT2D eigenvalue weighted by atomic mass is 16.2. The van der Waals surface area contributed by atoms with Gasteiger partial charge in [-0.1, -0.05) is 61.8 Å². The molecule has 0 saturated carbocycles. The number of ketones is 2. The van der Waals surface area contributed by atoms with E-state index in [-0.39, 0.29) is 67.1 Å². The number of aliphatic imine (C=N–C) groups is 1. The van der Waals surface area contributed by atoms with E-state index < -0.39 is 53.7 Å². The van der Waals surface area contributed by atoms with Gasteiger partial charge in [0.15, 0.2) is 17.5 Å². The van der Waals surface area contributed by atoms with Crippen LogP contribution < -0.4 is 33.2 Å². The van der Waals surface area contributed by atoms with E-state index in [2.05, 4.69) is 20.9 Å². The Balaban J connectivity index is 3.31. The zero-order valence-corrected chi connectivity index (χ0v) is 31.1. The molecular weight excluding hydrogens is 628 g/mol. The predicted octanol–water partition coefficient (Wildman–Crippen LogP) is 1.53. The van der Waals surface area contributed by atoms with Gasteiger partial charge in [-0.05, 0) is 50.4 Å². The average molecular weight is 693 g/mol. The molecule has 0 aromatic rings. The van der Waals surface area contributed by atoms with E-state index >= 15 is 0 Å². The van der Waals surface area contributed by atoms with Crippen molar-refractivity contribution < 1.29 is 28.8 Å². The highest BCUT2D eigenvalue weighted by molar-refractivity contribution is 5.97. The molecule has 280 valence electrons. The van der Waals surface area contributed by atoms with Gasteiger partial charge >= 0.3 is 0 Å². The van der Waals surface area contributed by atoms with Crippen LogP contribution in [0.2, 0.25) is 0 Å². The van der Waals surface area contributed by atoms with Gasteiger partial charge in [0.1, 0.15) is 12.1 Å². The molecule has 49 heavy (non-hydrogen) atoms. The molecule has 0 aliphatic carbocycles. The molecule has 0 unspecified atom stereocenters. The van der Waals surface area contributed by atoms with Crippen LogP contribution in [0.4, 0.5) is 0 Å². The maximum atomic E-state index is 14.1. The first-order valence-electron chi connectivity index (χ1n) is 18.0. The number of Topliss-reactive ketones (excluding diaryl/α,β-unsaturated/α-hetero) is 2. The molecule has 1 heterocycles. The number of hydrogen-bond acceptors (Lipinski definition) is 8. The molecule has 0 aromatic carbocycles. The lowest BCUT2D eigenvalue weighted by Crippen LogP contribution is -2.56. The monoisotopic (exact) mass is 692 g/mol. The number of rotatable bonds is 23. The summed E-state index contributed by atoms with van der Waals surface area (Å²) in [5.41, 5.74) is 16.3. The quantitative estimate of drug-likeness (QED) is 0.0517. The number of nitrogens with two attached hydrogens (primary N) is 3. The number of carbonyl (C=O) groups is 6. The van der Waals surface area contributed by atoms with Gasteiger partial charge in [0.2, 0.25) is 23.6 Å². The second-order valence-electron chi connectivity index (χ2n) is 14.5. The lowest BCUT2D eigenvalue weighted by atomic mass is 9.85. The second kappa shape index (κ2) is 21.5. The Morgan fingerprint density at radius 1 is 0.878 bits per heavy atom. The van der Waals surface area contributed by atoms with Crippen LogP contribution in [0.5, 0.6) is 0 Å². The predicted molar refractivity (Wildman–Crippen MR) is 191 cm³/mol. The Kier molecular flexibility index (Phi) is 19.1. The summed E-state index contributed by atoms with van der Waals surface area (Å²) in [6, 6.07) is -3.28. The number of hydrogen-bond donors (Lipinski definition) is 6. The van der Waals surface area contributed by atoms with Crippen molar-refractivity contribution in [3.63, 3.8) is 0 Å². The Labute approximate surface area is 292 Å². The molecule has 0 aromatic heterocycles. The maximum absolute atomic E-state index is 14.1. The molecular formula is C35H64N8O6. The van der Waals surface area contributed by atoms with E-state index in [1.54, 1.807) is 13.8 Å². The fourth-order valence-corrected chi connectivity index (χ4v) is 6.20. The van der Waals surface area contributed by atoms with E-state index in [0.29, 0.717) is 38.6 Å². The summed E-state index contributed by atoms with van der Waals surface area (Å²) in [5.74, 6) is -3.42. The number of primary amides is 1. The Morgan fingerprint density at radius 2 is 1.53 bits per heavy atom. The van der Waals surface area contributed by atoms with Gasteiger partial charge in [-0.3, -0.25) is 33.8 Å². The van der Waals surface area contributed by atoms with Crippen molar-refractivity contribution >= 4 is 41.2 Å². The fourth-order valence-electron chi connectivity index (χ4n) is 6.20. The van der Waals surface area contributed by atoms with Gasteiger partial charge < -0.3 is 38.1 Å². The van der Waals surface area contributed by atoms with Gasteiger partial charge in [0.05, 0.1) is 18.5 Å². The van der Waals surface area contributed by atoms with Crippen LogP contribution in [-0.2, 0) is 28.8 Å². The number of likely N-dealkylation sites (tertiary alicyclic amines) is 1. The highest BCUT2D eigenvalue weighted by Crippen LogP contribution is 2.23. The van der Waals surface area contributed by atoms with E-state index in [1.165, 1.54) is 4.90 Å². The number of unbranched alkanes of at least 4 members (excludes halogenated alkanes) is 1. The van der Waals surface area contributed by atoms with Crippen LogP contribution in [-0.4, -0.2) is 89.4 Å². The summed E-state index contributed by atoms with van der Waals surface area (Å²) in [6.45, 7) is 15.9. The van der Waals surface area contributed by atoms with E-state index in [0.717, 1.165) is 6.42 Å². The van der Waals surface area contributed by atoms with Crippen LogP contribution in [0.1, 0.15) is 113 Å². The Hall–Kier alpha value is -3.55. The van der Waals surface area contributed by atoms with Crippen LogP contribution >= 0.6 is 0 Å². The van der Waals surface area contributed by atoms with Crippen LogP contribution in [0, 0.1) is 23.7 Å². The molecule has 1 aliphatic rings. The average Bonchev–Trinajstić information content (AvgIpc) is 3.50. The molecule has 6 atom stereocenters. The summed E-state index contributed by atoms with van der Waals surface area (Å²) in [6.07, 6.45) is 3.15. The fraction of sp³-hybridized carbons (Fsp3) is 0.800. The zero-order chi connectivity index (χ0) is 37.4. The molecule has 1 saturated heterocycles. The largest absolute Gasteiger partial charge is 0.370 e. The minimum Gasteiger partial charge on any atom is -0.370 e. The van der Waals surface area contributed by atoms with Crippen molar-refractivity contribution in [2.45, 2.75) is 143 Å². The number of amides is 4. The number of carbonyl (C=O) groups excluding carboxylic acids is 6. The first-order valence-corrected chi connectivity index (χ1v) is 18.0. The minimum absolute atomic E-state index is 0.0318. The normalized spacial score (nSPS) is 17.7. The van der Waals surface area contributed by atoms with Crippen molar-refractivity contribution in [3.05, 3.63) is 0 Å². The SMILES string of the molecule is CC[C@H](C)[C@H](NC(C)C)C(=O)C[C@@H](CC(C)C)C(=O)N[C@@H](CCCCN=C(N)N)C(=O)N1CCC[C@H]1C(=O)N[C@@H](CC(N)=O)C(=O)C(C)C. The first-order chi connectivity index (χ1) is 22.9. The Morgan fingerprint density at radius 3 is 2.06 bits per heavy atom. The van der Waals surface area contributed by atoms with Gasteiger partial charge in [0.25, 0.3) is 0 Å². The Bertz CT molecular complexity index is 1150. The molecule has 0 spiro atoms. The van der Waals surface area contributed by atoms with Crippen molar-refractivity contribution in [2.75, 3.05) is 13.1 Å². The molecule has 4 amide bonds. The van der Waals surface area contributed by atoms with Gasteiger partial charge in [-0.25, -0.2) is 0 Å². The number of nitrogens with one attached hydrogen (secondary N) is 3. The molecule has 9 N–H and O–H groups in total. The van der Waals surface area contributed by atoms with Gasteiger partial charge in [-0.2, -0.15) is 0 Å². The maximum Gasteiger partial charge on any atom is 0.245 e. The smallest absolute Gasteiger partial charge is 0.245 e. The van der Waals surface area contributed by atoms with E-state index in [1.807, 2.05) is 41.5 Å². The van der Waals surface area contributed by atoms with Crippen LogP contribution in [0.15, 0.2) is 4.99 Å². The lowest BCUT2D eigenvalue weighted by Gasteiger charge is -2.31. The van der Waals surface area contributed by atoms with Crippen molar-refractivity contribution in [1.29, 1.82) is 0 Å². The molecule has 14 heteroatoms. The highest BCUT2D eigenvalue weighted by Gasteiger charge is 2.40. The van der Waals surface area contributed by atoms with Crippen molar-refractivity contribution in [3.8, 4) is 0 Å². The van der Waals surface area contributed by atoms with Gasteiger partial charge in [0, 0.05) is 37.4 Å². The summed E-state index contributed by atoms with van der Waals surface area (Å²) in [5, 5.41) is 8.97. The molecule has 14 nitrogen and oxygen atoms in total. The second-order valence-corrected chi connectivity index (χ2v) is 14.5. The summed E-state index contributed by atoms with van der Waals surface area (Å²) < 4.78 is 0. The number of nitrogens with zero attached hydrogens (tertiary/aromatic N) is 2. The lowest BCUT2D eigenvalue weighted by molar-refractivity contribution is -0.143. The molecule has 0 radical (unpaired) electrons. The topological polar surface area (TPSA) is 232 Å². The third kappa shape index (κ3) is 15.3. The molecule has 1 aliphatic heterocycles.